The number of ether oxygens (including phenoxy) is 1. The Morgan fingerprint density at radius 2 is 1.96 bits per heavy atom. The summed E-state index contributed by atoms with van der Waals surface area (Å²) in [7, 11) is 0. The fourth-order valence-electron chi connectivity index (χ4n) is 1.97. The molecule has 0 spiro atoms. The highest BCUT2D eigenvalue weighted by Crippen LogP contribution is 2.18. The third-order valence-electron chi connectivity index (χ3n) is 3.11. The summed E-state index contributed by atoms with van der Waals surface area (Å²) in [6.45, 7) is 10.7. The maximum absolute atomic E-state index is 12.3. The molecule has 0 fully saturated rings. The first-order chi connectivity index (χ1) is 11.4. The summed E-state index contributed by atoms with van der Waals surface area (Å²) in [6.07, 6.45) is 6.62. The molecule has 0 N–H and O–H groups in total. The van der Waals surface area contributed by atoms with Crippen LogP contribution in [-0.4, -0.2) is 29.7 Å². The van der Waals surface area contributed by atoms with Crippen LogP contribution in [0.25, 0.3) is 0 Å². The largest absolute Gasteiger partial charge is 0.444 e. The SMILES string of the molecule is C=CCCCCN(CC=CSc1ccccc1)C(=O)OC(C)(C)C. The number of thioether (sulfide) groups is 1. The maximum atomic E-state index is 12.3. The molecule has 4 heteroatoms. The van der Waals surface area contributed by atoms with Gasteiger partial charge < -0.3 is 9.64 Å². The fraction of sp³-hybridized carbons (Fsp3) is 0.450. The predicted molar refractivity (Wildman–Crippen MR) is 103 cm³/mol. The van der Waals surface area contributed by atoms with Crippen LogP contribution in [0.2, 0.25) is 0 Å². The normalized spacial score (nSPS) is 11.5. The van der Waals surface area contributed by atoms with Crippen molar-refractivity contribution < 1.29 is 9.53 Å². The van der Waals surface area contributed by atoms with Gasteiger partial charge in [0.2, 0.25) is 0 Å². The van der Waals surface area contributed by atoms with Crippen LogP contribution in [-0.2, 0) is 4.74 Å². The summed E-state index contributed by atoms with van der Waals surface area (Å²) in [5, 5.41) is 2.02. The average molecular weight is 348 g/mol. The van der Waals surface area contributed by atoms with E-state index in [1.807, 2.05) is 56.5 Å². The number of carbonyl (C=O) groups is 1. The number of nitrogens with zero attached hydrogens (tertiary/aromatic N) is 1. The van der Waals surface area contributed by atoms with Crippen LogP contribution >= 0.6 is 11.8 Å². The van der Waals surface area contributed by atoms with Crippen molar-refractivity contribution in [2.24, 2.45) is 0 Å². The second-order valence-corrected chi connectivity index (χ2v) is 7.49. The first-order valence-electron chi connectivity index (χ1n) is 8.38. The number of hydrogen-bond donors (Lipinski definition) is 0. The van der Waals surface area contributed by atoms with Gasteiger partial charge in [-0.1, -0.05) is 42.1 Å². The zero-order chi connectivity index (χ0) is 17.8. The van der Waals surface area contributed by atoms with Gasteiger partial charge in [0.05, 0.1) is 0 Å². The molecular weight excluding hydrogens is 318 g/mol. The molecule has 0 bridgehead atoms. The molecule has 24 heavy (non-hydrogen) atoms. The van der Waals surface area contributed by atoms with Crippen LogP contribution < -0.4 is 0 Å². The molecule has 1 amide bonds. The molecule has 1 aromatic carbocycles. The zero-order valence-corrected chi connectivity index (χ0v) is 15.8. The van der Waals surface area contributed by atoms with E-state index in [-0.39, 0.29) is 6.09 Å². The lowest BCUT2D eigenvalue weighted by molar-refractivity contribution is 0.0269. The minimum atomic E-state index is -0.473. The monoisotopic (exact) mass is 347 g/mol. The maximum Gasteiger partial charge on any atom is 0.410 e. The number of rotatable bonds is 9. The molecule has 0 atom stereocenters. The van der Waals surface area contributed by atoms with Gasteiger partial charge in [0.25, 0.3) is 0 Å². The highest BCUT2D eigenvalue weighted by Gasteiger charge is 2.20. The van der Waals surface area contributed by atoms with E-state index in [2.05, 4.69) is 18.7 Å². The van der Waals surface area contributed by atoms with E-state index in [1.165, 1.54) is 4.90 Å². The molecule has 0 aromatic heterocycles. The summed E-state index contributed by atoms with van der Waals surface area (Å²) in [6, 6.07) is 10.2. The third kappa shape index (κ3) is 9.46. The molecule has 1 rings (SSSR count). The van der Waals surface area contributed by atoms with Gasteiger partial charge in [-0.05, 0) is 57.6 Å². The lowest BCUT2D eigenvalue weighted by atomic mass is 10.2. The fourth-order valence-corrected chi connectivity index (χ4v) is 2.62. The van der Waals surface area contributed by atoms with Crippen LogP contribution in [0.15, 0.2) is 59.4 Å². The standard InChI is InChI=1S/C20H29NO2S/c1-5-6-7-11-15-21(19(22)23-20(2,3)4)16-12-17-24-18-13-9-8-10-14-18/h5,8-10,12-14,17H,1,6-7,11,15-16H2,2-4H3. The number of benzene rings is 1. The van der Waals surface area contributed by atoms with Crippen LogP contribution in [0.1, 0.15) is 40.0 Å². The highest BCUT2D eigenvalue weighted by molar-refractivity contribution is 8.02. The quantitative estimate of drug-likeness (QED) is 0.317. The first-order valence-corrected chi connectivity index (χ1v) is 9.26. The molecule has 0 aliphatic carbocycles. The molecule has 0 aliphatic rings. The molecule has 0 heterocycles. The van der Waals surface area contributed by atoms with Gasteiger partial charge in [-0.3, -0.25) is 0 Å². The Morgan fingerprint density at radius 1 is 1.25 bits per heavy atom. The summed E-state index contributed by atoms with van der Waals surface area (Å²) >= 11 is 1.65. The third-order valence-corrected chi connectivity index (χ3v) is 3.98. The van der Waals surface area contributed by atoms with E-state index in [4.69, 9.17) is 4.74 Å². The van der Waals surface area contributed by atoms with Crippen LogP contribution in [0, 0.1) is 0 Å². The van der Waals surface area contributed by atoms with E-state index in [0.717, 1.165) is 19.3 Å². The lowest BCUT2D eigenvalue weighted by Crippen LogP contribution is -2.37. The smallest absolute Gasteiger partial charge is 0.410 e. The molecule has 0 saturated heterocycles. The van der Waals surface area contributed by atoms with Gasteiger partial charge in [-0.2, -0.15) is 0 Å². The van der Waals surface area contributed by atoms with Gasteiger partial charge in [0.1, 0.15) is 5.60 Å². The Hall–Kier alpha value is -1.68. The van der Waals surface area contributed by atoms with E-state index in [0.29, 0.717) is 13.1 Å². The molecule has 1 aromatic rings. The second kappa shape index (κ2) is 11.0. The van der Waals surface area contributed by atoms with Gasteiger partial charge in [-0.25, -0.2) is 4.79 Å². The first kappa shape index (κ1) is 20.4. The minimum absolute atomic E-state index is 0.254. The van der Waals surface area contributed by atoms with E-state index < -0.39 is 5.60 Å². The van der Waals surface area contributed by atoms with Crippen LogP contribution in [0.4, 0.5) is 4.79 Å². The predicted octanol–water partition coefficient (Wildman–Crippen LogP) is 5.89. The van der Waals surface area contributed by atoms with E-state index in [1.54, 1.807) is 16.7 Å². The molecule has 132 valence electrons. The van der Waals surface area contributed by atoms with Crippen molar-refractivity contribution in [3.63, 3.8) is 0 Å². The number of unbranched alkanes of at least 4 members (excludes halogenated alkanes) is 2. The average Bonchev–Trinajstić information content (AvgIpc) is 2.52. The van der Waals surface area contributed by atoms with E-state index >= 15 is 0 Å². The lowest BCUT2D eigenvalue weighted by Gasteiger charge is -2.26. The number of hydrogen-bond acceptors (Lipinski definition) is 3. The summed E-state index contributed by atoms with van der Waals surface area (Å²) < 4.78 is 5.50. The van der Waals surface area contributed by atoms with Crippen molar-refractivity contribution in [3.05, 3.63) is 54.5 Å². The van der Waals surface area contributed by atoms with Crippen LogP contribution in [0.5, 0.6) is 0 Å². The Labute approximate surface area is 150 Å². The number of amides is 1. The molecule has 0 radical (unpaired) electrons. The molecule has 0 unspecified atom stereocenters. The van der Waals surface area contributed by atoms with Gasteiger partial charge in [0, 0.05) is 18.0 Å². The summed E-state index contributed by atoms with van der Waals surface area (Å²) in [5.74, 6) is 0. The van der Waals surface area contributed by atoms with Crippen molar-refractivity contribution in [3.8, 4) is 0 Å². The zero-order valence-electron chi connectivity index (χ0n) is 15.0. The minimum Gasteiger partial charge on any atom is -0.444 e. The Balaban J connectivity index is 2.53. The summed E-state index contributed by atoms with van der Waals surface area (Å²) in [4.78, 5) is 15.3. The van der Waals surface area contributed by atoms with Gasteiger partial charge in [0.15, 0.2) is 0 Å². The van der Waals surface area contributed by atoms with Crippen molar-refractivity contribution in [2.75, 3.05) is 13.1 Å². The van der Waals surface area contributed by atoms with Crippen molar-refractivity contribution in [2.45, 2.75) is 50.5 Å². The Morgan fingerprint density at radius 3 is 2.58 bits per heavy atom. The Bertz CT molecular complexity index is 520. The van der Waals surface area contributed by atoms with Crippen molar-refractivity contribution in [1.82, 2.24) is 4.90 Å². The molecular formula is C20H29NO2S. The summed E-state index contributed by atoms with van der Waals surface area (Å²) in [5.41, 5.74) is -0.473. The number of allylic oxidation sites excluding steroid dienone is 1. The topological polar surface area (TPSA) is 29.5 Å². The van der Waals surface area contributed by atoms with E-state index in [9.17, 15) is 4.79 Å². The molecule has 0 aliphatic heterocycles. The Kier molecular flexibility index (Phi) is 9.31. The van der Waals surface area contributed by atoms with Crippen molar-refractivity contribution >= 4 is 17.9 Å². The second-order valence-electron chi connectivity index (χ2n) is 6.51. The molecule has 3 nitrogen and oxygen atoms in total. The number of carbonyl (C=O) groups excluding carboxylic acids is 1. The van der Waals surface area contributed by atoms with Crippen molar-refractivity contribution in [1.29, 1.82) is 0 Å². The highest BCUT2D eigenvalue weighted by atomic mass is 32.2. The molecule has 0 saturated carbocycles. The van der Waals surface area contributed by atoms with Crippen LogP contribution in [0.3, 0.4) is 0 Å². The van der Waals surface area contributed by atoms with Gasteiger partial charge in [-0.15, -0.1) is 6.58 Å². The van der Waals surface area contributed by atoms with Gasteiger partial charge >= 0.3 is 6.09 Å².